The van der Waals surface area contributed by atoms with Crippen molar-refractivity contribution >= 4 is 23.1 Å². The fraction of sp³-hybridized carbons (Fsp3) is 0.385. The zero-order valence-electron chi connectivity index (χ0n) is 10.4. The molecule has 1 saturated heterocycles. The molecule has 6 heteroatoms. The Morgan fingerprint density at radius 3 is 2.84 bits per heavy atom. The number of carbonyl (C=O) groups excluding carboxylic acids is 1. The number of hydrogen-bond donors (Lipinski definition) is 1. The first kappa shape index (κ1) is 12.2. The number of nitrogen functional groups attached to an aromatic ring is 1. The molecule has 0 bridgehead atoms. The van der Waals surface area contributed by atoms with Crippen LogP contribution in [0.5, 0.6) is 0 Å². The molecule has 2 aromatic heterocycles. The lowest BCUT2D eigenvalue weighted by atomic mass is 9.93. The second kappa shape index (κ2) is 5.05. The fourth-order valence-corrected chi connectivity index (χ4v) is 3.07. The number of nitrogens with zero attached hydrogens (tertiary/aromatic N) is 2. The second-order valence-electron chi connectivity index (χ2n) is 4.73. The van der Waals surface area contributed by atoms with Crippen molar-refractivity contribution in [1.29, 1.82) is 0 Å². The first-order valence-electron chi connectivity index (χ1n) is 6.27. The van der Waals surface area contributed by atoms with Crippen LogP contribution in [0, 0.1) is 0 Å². The van der Waals surface area contributed by atoms with Crippen LogP contribution >= 0.6 is 11.3 Å². The largest absolute Gasteiger partial charge is 0.368 e. The molecule has 1 amide bonds. The fourth-order valence-electron chi connectivity index (χ4n) is 2.44. The average Bonchev–Trinajstić information content (AvgIpc) is 3.09. The molecule has 0 unspecified atom stereocenters. The van der Waals surface area contributed by atoms with Gasteiger partial charge in [0.2, 0.25) is 5.88 Å². The van der Waals surface area contributed by atoms with Gasteiger partial charge >= 0.3 is 0 Å². The van der Waals surface area contributed by atoms with Crippen LogP contribution in [0.25, 0.3) is 0 Å². The maximum absolute atomic E-state index is 12.2. The molecule has 0 saturated carbocycles. The summed E-state index contributed by atoms with van der Waals surface area (Å²) in [6.45, 7) is 1.51. The third-order valence-electron chi connectivity index (χ3n) is 3.52. The highest BCUT2D eigenvalue weighted by atomic mass is 32.1. The number of thiophene rings is 1. The zero-order valence-corrected chi connectivity index (χ0v) is 11.2. The lowest BCUT2D eigenvalue weighted by Gasteiger charge is -2.30. The van der Waals surface area contributed by atoms with Crippen molar-refractivity contribution in [2.75, 3.05) is 18.8 Å². The average molecular weight is 277 g/mol. The Labute approximate surface area is 115 Å². The number of piperidine rings is 1. The Morgan fingerprint density at radius 2 is 2.26 bits per heavy atom. The van der Waals surface area contributed by atoms with E-state index in [9.17, 15) is 4.79 Å². The molecule has 1 aliphatic heterocycles. The summed E-state index contributed by atoms with van der Waals surface area (Å²) in [5.74, 6) is 0.818. The number of anilines is 1. The van der Waals surface area contributed by atoms with Crippen LogP contribution < -0.4 is 5.73 Å². The van der Waals surface area contributed by atoms with Gasteiger partial charge in [-0.1, -0.05) is 5.16 Å². The predicted molar refractivity (Wildman–Crippen MR) is 73.1 cm³/mol. The highest BCUT2D eigenvalue weighted by molar-refractivity contribution is 7.08. The molecule has 3 heterocycles. The monoisotopic (exact) mass is 277 g/mol. The van der Waals surface area contributed by atoms with Gasteiger partial charge in [0, 0.05) is 30.5 Å². The molecule has 19 heavy (non-hydrogen) atoms. The summed E-state index contributed by atoms with van der Waals surface area (Å²) in [6, 6.07) is 3.65. The molecule has 5 nitrogen and oxygen atoms in total. The van der Waals surface area contributed by atoms with E-state index in [1.54, 1.807) is 17.4 Å². The smallest absolute Gasteiger partial charge is 0.254 e. The summed E-state index contributed by atoms with van der Waals surface area (Å²) in [4.78, 5) is 14.1. The van der Waals surface area contributed by atoms with Crippen LogP contribution in [0.3, 0.4) is 0 Å². The van der Waals surface area contributed by atoms with Gasteiger partial charge in [0.25, 0.3) is 5.91 Å². The molecule has 1 aliphatic rings. The van der Waals surface area contributed by atoms with Crippen molar-refractivity contribution in [3.63, 3.8) is 0 Å². The molecule has 0 radical (unpaired) electrons. The minimum absolute atomic E-state index is 0.124. The highest BCUT2D eigenvalue weighted by Crippen LogP contribution is 2.28. The molecule has 1 fully saturated rings. The summed E-state index contributed by atoms with van der Waals surface area (Å²) in [5, 5.41) is 7.78. The van der Waals surface area contributed by atoms with E-state index in [0.29, 0.717) is 11.8 Å². The summed E-state index contributed by atoms with van der Waals surface area (Å²) in [5.41, 5.74) is 7.22. The molecule has 100 valence electrons. The van der Waals surface area contributed by atoms with E-state index in [4.69, 9.17) is 10.3 Å². The lowest BCUT2D eigenvalue weighted by Crippen LogP contribution is -2.37. The molecule has 2 N–H and O–H groups in total. The molecule has 0 atom stereocenters. The Hall–Kier alpha value is -1.82. The molecule has 0 spiro atoms. The van der Waals surface area contributed by atoms with E-state index in [0.717, 1.165) is 37.2 Å². The quantitative estimate of drug-likeness (QED) is 0.914. The van der Waals surface area contributed by atoms with Crippen molar-refractivity contribution in [2.24, 2.45) is 0 Å². The molecule has 3 rings (SSSR count). The second-order valence-corrected chi connectivity index (χ2v) is 5.51. The van der Waals surface area contributed by atoms with Crippen LogP contribution in [0.15, 0.2) is 27.4 Å². The Bertz CT molecular complexity index is 556. The number of hydrogen-bond acceptors (Lipinski definition) is 5. The third kappa shape index (κ3) is 2.49. The molecule has 0 aromatic carbocycles. The van der Waals surface area contributed by atoms with E-state index >= 15 is 0 Å². The molecule has 0 aliphatic carbocycles. The highest BCUT2D eigenvalue weighted by Gasteiger charge is 2.26. The minimum atomic E-state index is 0.124. The van der Waals surface area contributed by atoms with Gasteiger partial charge in [0.15, 0.2) is 0 Å². The van der Waals surface area contributed by atoms with Crippen molar-refractivity contribution < 1.29 is 9.32 Å². The van der Waals surface area contributed by atoms with E-state index in [1.165, 1.54) is 0 Å². The number of amides is 1. The Balaban J connectivity index is 1.62. The zero-order chi connectivity index (χ0) is 13.2. The summed E-state index contributed by atoms with van der Waals surface area (Å²) < 4.78 is 4.90. The number of nitrogens with two attached hydrogens (primary N) is 1. The molecule has 2 aromatic rings. The summed E-state index contributed by atoms with van der Waals surface area (Å²) in [6.07, 6.45) is 1.81. The number of likely N-dealkylation sites (tertiary alicyclic amines) is 1. The first-order valence-corrected chi connectivity index (χ1v) is 7.22. The van der Waals surface area contributed by atoms with Gasteiger partial charge in [0.1, 0.15) is 0 Å². The van der Waals surface area contributed by atoms with Gasteiger partial charge in [-0.3, -0.25) is 4.79 Å². The van der Waals surface area contributed by atoms with E-state index < -0.39 is 0 Å². The van der Waals surface area contributed by atoms with E-state index in [-0.39, 0.29) is 5.91 Å². The Morgan fingerprint density at radius 1 is 1.47 bits per heavy atom. The minimum Gasteiger partial charge on any atom is -0.368 e. The van der Waals surface area contributed by atoms with E-state index in [1.807, 2.05) is 21.7 Å². The summed E-state index contributed by atoms with van der Waals surface area (Å²) >= 11 is 1.55. The predicted octanol–water partition coefficient (Wildman–Crippen LogP) is 2.34. The molecular weight excluding hydrogens is 262 g/mol. The van der Waals surface area contributed by atoms with Crippen molar-refractivity contribution in [1.82, 2.24) is 10.1 Å². The van der Waals surface area contributed by atoms with Crippen molar-refractivity contribution in [2.45, 2.75) is 18.8 Å². The first-order chi connectivity index (χ1) is 9.24. The van der Waals surface area contributed by atoms with Crippen molar-refractivity contribution in [3.8, 4) is 0 Å². The van der Waals surface area contributed by atoms with Gasteiger partial charge < -0.3 is 15.2 Å². The normalized spacial score (nSPS) is 16.7. The SMILES string of the molecule is Nc1cc(C2CCN(C(=O)c3ccsc3)CC2)no1. The summed E-state index contributed by atoms with van der Waals surface area (Å²) in [7, 11) is 0. The number of carbonyl (C=O) groups is 1. The van der Waals surface area contributed by atoms with Crippen LogP contribution in [0.1, 0.15) is 34.8 Å². The standard InChI is InChI=1S/C13H15N3O2S/c14-12-7-11(15-18-12)9-1-4-16(5-2-9)13(17)10-3-6-19-8-10/h3,6-9H,1-2,4-5,14H2. The van der Waals surface area contributed by atoms with Crippen LogP contribution in [0.2, 0.25) is 0 Å². The number of aromatic nitrogens is 1. The molecular formula is C13H15N3O2S. The van der Waals surface area contributed by atoms with Gasteiger partial charge in [-0.15, -0.1) is 0 Å². The Kier molecular flexibility index (Phi) is 3.25. The van der Waals surface area contributed by atoms with Crippen molar-refractivity contribution in [3.05, 3.63) is 34.2 Å². The topological polar surface area (TPSA) is 72.4 Å². The van der Waals surface area contributed by atoms with Crippen LogP contribution in [-0.4, -0.2) is 29.1 Å². The number of rotatable bonds is 2. The van der Waals surface area contributed by atoms with E-state index in [2.05, 4.69) is 5.16 Å². The third-order valence-corrected chi connectivity index (χ3v) is 4.20. The maximum Gasteiger partial charge on any atom is 0.254 e. The van der Waals surface area contributed by atoms with Gasteiger partial charge in [-0.05, 0) is 24.3 Å². The maximum atomic E-state index is 12.2. The van der Waals surface area contributed by atoms with Gasteiger partial charge in [-0.2, -0.15) is 11.3 Å². The van der Waals surface area contributed by atoms with Gasteiger partial charge in [-0.25, -0.2) is 0 Å². The van der Waals surface area contributed by atoms with Crippen LogP contribution in [-0.2, 0) is 0 Å². The van der Waals surface area contributed by atoms with Gasteiger partial charge in [0.05, 0.1) is 11.3 Å². The lowest BCUT2D eigenvalue weighted by molar-refractivity contribution is 0.0712. The van der Waals surface area contributed by atoms with Crippen LogP contribution in [0.4, 0.5) is 5.88 Å².